The first-order chi connectivity index (χ1) is 11.7. The first-order valence-electron chi connectivity index (χ1n) is 8.58. The Bertz CT molecular complexity index is 753. The van der Waals surface area contributed by atoms with Crippen LogP contribution in [0.3, 0.4) is 0 Å². The Balaban J connectivity index is 1.43. The zero-order chi connectivity index (χ0) is 16.5. The number of carboxylic acids is 1. The molecule has 2 heterocycles. The van der Waals surface area contributed by atoms with Crippen molar-refractivity contribution in [2.45, 2.75) is 57.1 Å². The third-order valence-corrected chi connectivity index (χ3v) is 6.16. The molecule has 0 atom stereocenters. The van der Waals surface area contributed by atoms with Crippen LogP contribution in [0, 0.1) is 0 Å². The van der Waals surface area contributed by atoms with E-state index in [0.29, 0.717) is 0 Å². The van der Waals surface area contributed by atoms with E-state index in [-0.39, 0.29) is 18.7 Å². The van der Waals surface area contributed by atoms with Crippen molar-refractivity contribution in [2.75, 3.05) is 6.54 Å². The molecule has 24 heavy (non-hydrogen) atoms. The van der Waals surface area contributed by atoms with Gasteiger partial charge in [0, 0.05) is 10.9 Å². The van der Waals surface area contributed by atoms with E-state index in [1.807, 2.05) is 0 Å². The molecule has 1 saturated carbocycles. The summed E-state index contributed by atoms with van der Waals surface area (Å²) in [6.07, 6.45) is 8.95. The number of aromatic nitrogens is 2. The number of rotatable bonds is 5. The van der Waals surface area contributed by atoms with Gasteiger partial charge in [0.2, 0.25) is 5.88 Å². The zero-order valence-corrected chi connectivity index (χ0v) is 14.3. The smallest absolute Gasteiger partial charge is 0.317 e. The van der Waals surface area contributed by atoms with Crippen LogP contribution in [0.1, 0.15) is 42.5 Å². The van der Waals surface area contributed by atoms with Crippen LogP contribution in [-0.2, 0) is 17.6 Å². The molecule has 0 amide bonds. The van der Waals surface area contributed by atoms with Gasteiger partial charge in [-0.3, -0.25) is 4.79 Å². The van der Waals surface area contributed by atoms with Crippen molar-refractivity contribution in [3.63, 3.8) is 0 Å². The summed E-state index contributed by atoms with van der Waals surface area (Å²) >= 11 is 1.78. The quantitative estimate of drug-likeness (QED) is 0.865. The number of ether oxygens (including phenoxy) is 1. The largest absolute Gasteiger partial charge is 0.480 e. The lowest BCUT2D eigenvalue weighted by molar-refractivity contribution is -0.136. The van der Waals surface area contributed by atoms with Gasteiger partial charge in [0.1, 0.15) is 17.3 Å². The maximum Gasteiger partial charge on any atom is 0.317 e. The maximum absolute atomic E-state index is 10.6. The number of thiophene rings is 1. The van der Waals surface area contributed by atoms with Gasteiger partial charge in [-0.25, -0.2) is 9.97 Å². The Morgan fingerprint density at radius 3 is 2.92 bits per heavy atom. The summed E-state index contributed by atoms with van der Waals surface area (Å²) in [5.74, 6) is -0.0654. The summed E-state index contributed by atoms with van der Waals surface area (Å²) in [5.41, 5.74) is 1.39. The Morgan fingerprint density at radius 2 is 2.12 bits per heavy atom. The van der Waals surface area contributed by atoms with Crippen LogP contribution in [0.4, 0.5) is 0 Å². The third-order valence-electron chi connectivity index (χ3n) is 4.96. The lowest BCUT2D eigenvalue weighted by Crippen LogP contribution is -2.38. The minimum Gasteiger partial charge on any atom is -0.480 e. The molecular weight excluding hydrogens is 326 g/mol. The van der Waals surface area contributed by atoms with Gasteiger partial charge in [0.05, 0.1) is 11.9 Å². The van der Waals surface area contributed by atoms with Crippen LogP contribution in [0.15, 0.2) is 6.33 Å². The summed E-state index contributed by atoms with van der Waals surface area (Å²) in [5, 5.41) is 13.0. The predicted octanol–water partition coefficient (Wildman–Crippen LogP) is 2.54. The van der Waals surface area contributed by atoms with Crippen molar-refractivity contribution in [3.05, 3.63) is 16.8 Å². The molecule has 6 nitrogen and oxygen atoms in total. The van der Waals surface area contributed by atoms with Crippen molar-refractivity contribution >= 4 is 27.5 Å². The van der Waals surface area contributed by atoms with Gasteiger partial charge in [-0.1, -0.05) is 0 Å². The van der Waals surface area contributed by atoms with Gasteiger partial charge in [-0.2, -0.15) is 0 Å². The summed E-state index contributed by atoms with van der Waals surface area (Å²) in [6, 6.07) is 0.275. The highest BCUT2D eigenvalue weighted by molar-refractivity contribution is 7.18. The van der Waals surface area contributed by atoms with Crippen molar-refractivity contribution in [3.8, 4) is 5.88 Å². The zero-order valence-electron chi connectivity index (χ0n) is 13.5. The fourth-order valence-corrected chi connectivity index (χ4v) is 4.98. The van der Waals surface area contributed by atoms with Gasteiger partial charge >= 0.3 is 5.97 Å². The first-order valence-corrected chi connectivity index (χ1v) is 9.39. The van der Waals surface area contributed by atoms with E-state index in [0.717, 1.165) is 54.6 Å². The van der Waals surface area contributed by atoms with Crippen LogP contribution < -0.4 is 10.1 Å². The molecule has 4 rings (SSSR count). The Hall–Kier alpha value is -1.73. The Labute approximate surface area is 144 Å². The standard InChI is InChI=1S/C17H21N3O3S/c21-14(22)8-18-10-4-6-11(7-5-10)23-16-15-12-2-1-3-13(12)24-17(15)20-9-19-16/h9-11,18H,1-8H2,(H,21,22). The van der Waals surface area contributed by atoms with E-state index < -0.39 is 5.97 Å². The average Bonchev–Trinajstić information content (AvgIpc) is 3.15. The molecule has 0 bridgehead atoms. The summed E-state index contributed by atoms with van der Waals surface area (Å²) in [4.78, 5) is 21.9. The molecule has 2 aliphatic carbocycles. The number of hydrogen-bond acceptors (Lipinski definition) is 6. The number of fused-ring (bicyclic) bond motifs is 3. The van der Waals surface area contributed by atoms with Crippen molar-refractivity contribution in [1.82, 2.24) is 15.3 Å². The lowest BCUT2D eigenvalue weighted by Gasteiger charge is -2.29. The Kier molecular flexibility index (Phi) is 4.37. The molecule has 0 aliphatic heterocycles. The third kappa shape index (κ3) is 3.10. The highest BCUT2D eigenvalue weighted by atomic mass is 32.1. The topological polar surface area (TPSA) is 84.3 Å². The van der Waals surface area contributed by atoms with Crippen LogP contribution >= 0.6 is 11.3 Å². The molecule has 0 radical (unpaired) electrons. The maximum atomic E-state index is 10.6. The molecule has 0 unspecified atom stereocenters. The summed E-state index contributed by atoms with van der Waals surface area (Å²) in [7, 11) is 0. The second kappa shape index (κ2) is 6.64. The van der Waals surface area contributed by atoms with E-state index in [1.54, 1.807) is 17.7 Å². The van der Waals surface area contributed by atoms with E-state index >= 15 is 0 Å². The number of nitrogens with one attached hydrogen (secondary N) is 1. The van der Waals surface area contributed by atoms with E-state index in [4.69, 9.17) is 9.84 Å². The SMILES string of the molecule is O=C(O)CNC1CCC(Oc2ncnc3sc4c(c23)CCC4)CC1. The van der Waals surface area contributed by atoms with Crippen molar-refractivity contribution < 1.29 is 14.6 Å². The number of carbonyl (C=O) groups is 1. The van der Waals surface area contributed by atoms with Crippen LogP contribution in [0.5, 0.6) is 5.88 Å². The number of hydrogen-bond donors (Lipinski definition) is 2. The molecule has 1 fully saturated rings. The summed E-state index contributed by atoms with van der Waals surface area (Å²) in [6.45, 7) is 0.0315. The van der Waals surface area contributed by atoms with Gasteiger partial charge in [0.15, 0.2) is 0 Å². The van der Waals surface area contributed by atoms with Gasteiger partial charge in [0.25, 0.3) is 0 Å². The van der Waals surface area contributed by atoms with Gasteiger partial charge in [-0.05, 0) is 50.5 Å². The highest BCUT2D eigenvalue weighted by Gasteiger charge is 2.26. The number of carboxylic acid groups (broad SMARTS) is 1. The van der Waals surface area contributed by atoms with Crippen LogP contribution in [0.2, 0.25) is 0 Å². The average molecular weight is 347 g/mol. The molecule has 7 heteroatoms. The highest BCUT2D eigenvalue weighted by Crippen LogP contribution is 2.40. The van der Waals surface area contributed by atoms with Crippen molar-refractivity contribution in [1.29, 1.82) is 0 Å². The second-order valence-corrected chi connectivity index (χ2v) is 7.67. The first kappa shape index (κ1) is 15.8. The van der Waals surface area contributed by atoms with Gasteiger partial charge in [-0.15, -0.1) is 11.3 Å². The Morgan fingerprint density at radius 1 is 1.29 bits per heavy atom. The molecule has 0 aromatic carbocycles. The molecule has 2 aromatic rings. The molecule has 128 valence electrons. The molecule has 2 N–H and O–H groups in total. The number of aryl methyl sites for hydroxylation is 2. The number of nitrogens with zero attached hydrogens (tertiary/aromatic N) is 2. The molecular formula is C17H21N3O3S. The van der Waals surface area contributed by atoms with E-state index in [9.17, 15) is 4.79 Å². The van der Waals surface area contributed by atoms with Crippen LogP contribution in [-0.4, -0.2) is 39.7 Å². The lowest BCUT2D eigenvalue weighted by atomic mass is 9.93. The minimum atomic E-state index is -0.803. The molecule has 2 aliphatic rings. The molecule has 2 aromatic heterocycles. The van der Waals surface area contributed by atoms with E-state index in [2.05, 4.69) is 15.3 Å². The summed E-state index contributed by atoms with van der Waals surface area (Å²) < 4.78 is 6.24. The minimum absolute atomic E-state index is 0.0315. The van der Waals surface area contributed by atoms with Crippen LogP contribution in [0.25, 0.3) is 10.2 Å². The van der Waals surface area contributed by atoms with Crippen molar-refractivity contribution in [2.24, 2.45) is 0 Å². The van der Waals surface area contributed by atoms with E-state index in [1.165, 1.54) is 16.9 Å². The molecule has 0 spiro atoms. The molecule has 0 saturated heterocycles. The normalized spacial score (nSPS) is 23.3. The fraction of sp³-hybridized carbons (Fsp3) is 0.588. The van der Waals surface area contributed by atoms with Gasteiger partial charge < -0.3 is 15.2 Å². The second-order valence-electron chi connectivity index (χ2n) is 6.58. The number of aliphatic carboxylic acids is 1. The fourth-order valence-electron chi connectivity index (χ4n) is 3.76. The monoisotopic (exact) mass is 347 g/mol. The predicted molar refractivity (Wildman–Crippen MR) is 91.8 cm³/mol.